The molecular weight excluding hydrogens is 290 g/mol. The van der Waals surface area contributed by atoms with E-state index >= 15 is 0 Å². The van der Waals surface area contributed by atoms with E-state index in [4.69, 9.17) is 11.6 Å². The zero-order chi connectivity index (χ0) is 13.0. The molecule has 1 aliphatic heterocycles. The number of alkyl halides is 1. The lowest BCUT2D eigenvalue weighted by atomic mass is 10.2. The van der Waals surface area contributed by atoms with Crippen molar-refractivity contribution in [3.05, 3.63) is 29.8 Å². The maximum absolute atomic E-state index is 12.5. The summed E-state index contributed by atoms with van der Waals surface area (Å²) in [5.74, 6) is 2.24. The van der Waals surface area contributed by atoms with Gasteiger partial charge in [-0.2, -0.15) is 16.1 Å². The minimum absolute atomic E-state index is 0.333. The van der Waals surface area contributed by atoms with Crippen molar-refractivity contribution >= 4 is 33.4 Å². The van der Waals surface area contributed by atoms with E-state index < -0.39 is 10.0 Å². The Labute approximate surface area is 118 Å². The van der Waals surface area contributed by atoms with Gasteiger partial charge in [0.1, 0.15) is 0 Å². The van der Waals surface area contributed by atoms with E-state index in [1.165, 1.54) is 0 Å². The molecule has 0 spiro atoms. The average molecular weight is 306 g/mol. The van der Waals surface area contributed by atoms with E-state index in [9.17, 15) is 8.42 Å². The predicted octanol–water partition coefficient (Wildman–Crippen LogP) is 2.55. The van der Waals surface area contributed by atoms with Crippen molar-refractivity contribution in [3.63, 3.8) is 0 Å². The molecule has 1 aromatic carbocycles. The summed E-state index contributed by atoms with van der Waals surface area (Å²) in [6.45, 7) is 1.21. The second-order valence-corrected chi connectivity index (χ2v) is 7.58. The lowest BCUT2D eigenvalue weighted by Gasteiger charge is -2.19. The largest absolute Gasteiger partial charge is 0.243 e. The van der Waals surface area contributed by atoms with Gasteiger partial charge in [-0.3, -0.25) is 0 Å². The second-order valence-electron chi connectivity index (χ2n) is 4.15. The van der Waals surface area contributed by atoms with E-state index in [1.54, 1.807) is 22.5 Å². The molecule has 1 saturated heterocycles. The first-order valence-corrected chi connectivity index (χ1v) is 9.00. The zero-order valence-corrected chi connectivity index (χ0v) is 12.4. The Kier molecular flexibility index (Phi) is 4.95. The van der Waals surface area contributed by atoms with Gasteiger partial charge in [0.05, 0.1) is 4.90 Å². The van der Waals surface area contributed by atoms with E-state index in [1.807, 2.05) is 17.8 Å². The fourth-order valence-electron chi connectivity index (χ4n) is 1.90. The molecule has 2 rings (SSSR count). The van der Waals surface area contributed by atoms with Crippen LogP contribution in [0.25, 0.3) is 0 Å². The van der Waals surface area contributed by atoms with E-state index in [0.29, 0.717) is 23.9 Å². The first-order chi connectivity index (χ1) is 8.64. The Morgan fingerprint density at radius 2 is 2.11 bits per heavy atom. The first kappa shape index (κ1) is 14.2. The number of benzene rings is 1. The van der Waals surface area contributed by atoms with Crippen LogP contribution >= 0.6 is 23.4 Å². The van der Waals surface area contributed by atoms with Crippen LogP contribution in [0.5, 0.6) is 0 Å². The van der Waals surface area contributed by atoms with Crippen LogP contribution < -0.4 is 0 Å². The molecule has 100 valence electrons. The van der Waals surface area contributed by atoms with Gasteiger partial charge in [0.2, 0.25) is 10.0 Å². The second kappa shape index (κ2) is 6.28. The van der Waals surface area contributed by atoms with Crippen molar-refractivity contribution in [2.75, 3.05) is 24.6 Å². The summed E-state index contributed by atoms with van der Waals surface area (Å²) < 4.78 is 26.5. The Morgan fingerprint density at radius 1 is 1.28 bits per heavy atom. The molecule has 0 aliphatic carbocycles. The number of thioether (sulfide) groups is 1. The minimum Gasteiger partial charge on any atom is -0.207 e. The number of nitrogens with zero attached hydrogens (tertiary/aromatic N) is 1. The highest BCUT2D eigenvalue weighted by Crippen LogP contribution is 2.21. The van der Waals surface area contributed by atoms with Crippen molar-refractivity contribution in [2.24, 2.45) is 0 Å². The Hall–Kier alpha value is -0.230. The summed E-state index contributed by atoms with van der Waals surface area (Å²) in [7, 11) is -3.36. The molecule has 3 nitrogen and oxygen atoms in total. The lowest BCUT2D eigenvalue weighted by Crippen LogP contribution is -2.33. The third kappa shape index (κ3) is 3.20. The van der Waals surface area contributed by atoms with Gasteiger partial charge in [-0.25, -0.2) is 8.42 Å². The van der Waals surface area contributed by atoms with Crippen LogP contribution in [-0.2, 0) is 15.9 Å². The monoisotopic (exact) mass is 305 g/mol. The maximum atomic E-state index is 12.5. The molecule has 6 heteroatoms. The number of halogens is 1. The SMILES string of the molecule is O=S(=O)(c1cccc(CCl)c1)N1CCCSCC1. The summed E-state index contributed by atoms with van der Waals surface area (Å²) in [5.41, 5.74) is 0.835. The van der Waals surface area contributed by atoms with E-state index in [-0.39, 0.29) is 0 Å². The molecule has 1 aromatic rings. The van der Waals surface area contributed by atoms with Gasteiger partial charge in [0.15, 0.2) is 0 Å². The molecule has 1 fully saturated rings. The van der Waals surface area contributed by atoms with Gasteiger partial charge < -0.3 is 0 Å². The van der Waals surface area contributed by atoms with Crippen LogP contribution in [0.15, 0.2) is 29.2 Å². The summed E-state index contributed by atoms with van der Waals surface area (Å²) in [6, 6.07) is 6.89. The first-order valence-electron chi connectivity index (χ1n) is 5.87. The van der Waals surface area contributed by atoms with Crippen molar-refractivity contribution < 1.29 is 8.42 Å². The molecule has 0 radical (unpaired) electrons. The van der Waals surface area contributed by atoms with Gasteiger partial charge in [-0.15, -0.1) is 11.6 Å². The van der Waals surface area contributed by atoms with Crippen molar-refractivity contribution in [2.45, 2.75) is 17.2 Å². The summed E-state index contributed by atoms with van der Waals surface area (Å²) in [4.78, 5) is 0.354. The quantitative estimate of drug-likeness (QED) is 0.806. The topological polar surface area (TPSA) is 37.4 Å². The number of sulfonamides is 1. The average Bonchev–Trinajstić information content (AvgIpc) is 2.68. The molecule has 18 heavy (non-hydrogen) atoms. The lowest BCUT2D eigenvalue weighted by molar-refractivity contribution is 0.435. The van der Waals surface area contributed by atoms with Crippen molar-refractivity contribution in [3.8, 4) is 0 Å². The standard InChI is InChI=1S/C12H16ClNO2S2/c13-10-11-3-1-4-12(9-11)18(15,16)14-5-2-7-17-8-6-14/h1,3-4,9H,2,5-8,10H2. The number of hydrogen-bond acceptors (Lipinski definition) is 3. The maximum Gasteiger partial charge on any atom is 0.243 e. The fourth-order valence-corrected chi connectivity index (χ4v) is 4.62. The predicted molar refractivity (Wildman–Crippen MR) is 76.7 cm³/mol. The Bertz CT molecular complexity index is 497. The minimum atomic E-state index is -3.36. The third-order valence-electron chi connectivity index (χ3n) is 2.87. The molecule has 0 N–H and O–H groups in total. The Morgan fingerprint density at radius 3 is 2.89 bits per heavy atom. The smallest absolute Gasteiger partial charge is 0.207 e. The molecule has 0 unspecified atom stereocenters. The van der Waals surface area contributed by atoms with Crippen molar-refractivity contribution in [1.29, 1.82) is 0 Å². The highest BCUT2D eigenvalue weighted by atomic mass is 35.5. The zero-order valence-electron chi connectivity index (χ0n) is 10.0. The normalized spacial score (nSPS) is 18.5. The van der Waals surface area contributed by atoms with Crippen LogP contribution in [-0.4, -0.2) is 37.3 Å². The van der Waals surface area contributed by atoms with Gasteiger partial charge in [-0.05, 0) is 29.9 Å². The molecule has 0 saturated carbocycles. The van der Waals surface area contributed by atoms with Crippen LogP contribution in [0.3, 0.4) is 0 Å². The van der Waals surface area contributed by atoms with Crippen molar-refractivity contribution in [1.82, 2.24) is 4.31 Å². The molecule has 1 heterocycles. The third-order valence-corrected chi connectivity index (χ3v) is 6.12. The van der Waals surface area contributed by atoms with Gasteiger partial charge in [-0.1, -0.05) is 12.1 Å². The van der Waals surface area contributed by atoms with Crippen LogP contribution in [0, 0.1) is 0 Å². The molecule has 1 aliphatic rings. The molecule has 0 aromatic heterocycles. The summed E-state index contributed by atoms with van der Waals surface area (Å²) in [5, 5.41) is 0. The van der Waals surface area contributed by atoms with E-state index in [0.717, 1.165) is 23.5 Å². The van der Waals surface area contributed by atoms with Gasteiger partial charge >= 0.3 is 0 Å². The number of hydrogen-bond donors (Lipinski definition) is 0. The molecule has 0 amide bonds. The fraction of sp³-hybridized carbons (Fsp3) is 0.500. The highest BCUT2D eigenvalue weighted by molar-refractivity contribution is 7.99. The van der Waals surface area contributed by atoms with E-state index in [2.05, 4.69) is 0 Å². The highest BCUT2D eigenvalue weighted by Gasteiger charge is 2.25. The van der Waals surface area contributed by atoms with Crippen LogP contribution in [0.4, 0.5) is 0 Å². The summed E-state index contributed by atoms with van der Waals surface area (Å²) in [6.07, 6.45) is 0.916. The molecular formula is C12H16ClNO2S2. The Balaban J connectivity index is 2.28. The van der Waals surface area contributed by atoms with Gasteiger partial charge in [0.25, 0.3) is 0 Å². The molecule has 0 atom stereocenters. The van der Waals surface area contributed by atoms with Crippen LogP contribution in [0.2, 0.25) is 0 Å². The van der Waals surface area contributed by atoms with Crippen LogP contribution in [0.1, 0.15) is 12.0 Å². The summed E-state index contributed by atoms with van der Waals surface area (Å²) >= 11 is 7.56. The molecule has 0 bridgehead atoms. The number of rotatable bonds is 3. The van der Waals surface area contributed by atoms with Gasteiger partial charge in [0, 0.05) is 24.7 Å².